The van der Waals surface area contributed by atoms with Crippen molar-refractivity contribution in [3.05, 3.63) is 88.9 Å². The number of benzene rings is 3. The molecule has 170 valence electrons. The Morgan fingerprint density at radius 1 is 1.03 bits per heavy atom. The van der Waals surface area contributed by atoms with Crippen molar-refractivity contribution in [1.82, 2.24) is 4.57 Å². The molecule has 2 aliphatic rings. The highest BCUT2D eigenvalue weighted by Crippen LogP contribution is 2.44. The van der Waals surface area contributed by atoms with Crippen LogP contribution in [0.2, 0.25) is 0 Å². The van der Waals surface area contributed by atoms with Gasteiger partial charge < -0.3 is 14.4 Å². The van der Waals surface area contributed by atoms with E-state index >= 15 is 0 Å². The number of carboxylic acids is 1. The number of carboxylic acid groups (broad SMARTS) is 1. The Hall–Kier alpha value is -3.77. The van der Waals surface area contributed by atoms with Gasteiger partial charge in [0.05, 0.1) is 17.6 Å². The molecule has 3 aromatic carbocycles. The second-order valence-electron chi connectivity index (χ2n) is 8.88. The fourth-order valence-corrected chi connectivity index (χ4v) is 5.22. The Kier molecular flexibility index (Phi) is 5.03. The number of carbonyl (C=O) groups is 1. The van der Waals surface area contributed by atoms with Gasteiger partial charge in [0.1, 0.15) is 5.82 Å². The van der Waals surface area contributed by atoms with E-state index in [4.69, 9.17) is 4.74 Å². The average Bonchev–Trinajstić information content (AvgIpc) is 3.45. The number of rotatable bonds is 4. The van der Waals surface area contributed by atoms with Crippen molar-refractivity contribution in [3.8, 4) is 16.8 Å². The van der Waals surface area contributed by atoms with Gasteiger partial charge in [0.15, 0.2) is 0 Å². The highest BCUT2D eigenvalue weighted by molar-refractivity contribution is 6.03. The van der Waals surface area contributed by atoms with Crippen LogP contribution in [0.4, 0.5) is 4.39 Å². The van der Waals surface area contributed by atoms with E-state index in [1.165, 1.54) is 12.1 Å². The number of ether oxygens (including phenoxy) is 1. The maximum atomic E-state index is 13.8. The zero-order chi connectivity index (χ0) is 23.2. The Bertz CT molecular complexity index is 1430. The molecule has 4 aromatic rings. The Morgan fingerprint density at radius 2 is 1.76 bits per heavy atom. The summed E-state index contributed by atoms with van der Waals surface area (Å²) < 4.78 is 21.8. The summed E-state index contributed by atoms with van der Waals surface area (Å²) in [6.45, 7) is 2.03. The van der Waals surface area contributed by atoms with Crippen molar-refractivity contribution in [2.75, 3.05) is 13.2 Å². The first kappa shape index (κ1) is 20.8. The first-order valence-corrected chi connectivity index (χ1v) is 11.5. The normalized spacial score (nSPS) is 15.7. The third-order valence-electron chi connectivity index (χ3n) is 6.87. The van der Waals surface area contributed by atoms with Gasteiger partial charge in [-0.25, -0.2) is 9.18 Å². The summed E-state index contributed by atoms with van der Waals surface area (Å²) in [6.07, 6.45) is 3.69. The van der Waals surface area contributed by atoms with Gasteiger partial charge in [-0.2, -0.15) is 0 Å². The van der Waals surface area contributed by atoms with Crippen molar-refractivity contribution in [2.45, 2.75) is 25.3 Å². The van der Waals surface area contributed by atoms with Crippen LogP contribution in [0.5, 0.6) is 0 Å². The molecule has 0 spiro atoms. The van der Waals surface area contributed by atoms with Crippen molar-refractivity contribution >= 4 is 23.1 Å². The number of nitrogens with zero attached hydrogens (tertiary/aromatic N) is 2. The first-order valence-electron chi connectivity index (χ1n) is 11.5. The zero-order valence-corrected chi connectivity index (χ0v) is 18.5. The van der Waals surface area contributed by atoms with E-state index in [1.807, 2.05) is 30.5 Å². The van der Waals surface area contributed by atoms with Gasteiger partial charge in [-0.15, -0.1) is 0 Å². The fraction of sp³-hybridized carbons (Fsp3) is 0.214. The molecule has 1 fully saturated rings. The number of aromatic carboxylic acids is 1. The number of halogens is 1. The summed E-state index contributed by atoms with van der Waals surface area (Å²) >= 11 is 0. The highest BCUT2D eigenvalue weighted by Gasteiger charge is 2.28. The third-order valence-corrected chi connectivity index (χ3v) is 6.87. The standard InChI is InChI=1S/C28H23FN2O3/c29-22-5-1-17(2-6-22)26-24-13-20-15-30-16-21(20)14-25(24)31(27(26)18-9-11-34-12-10-18)23-7-3-19(4-8-23)28(32)33/h1-8,13-15,18H,9-12,16H2,(H,32,33). The van der Waals surface area contributed by atoms with Crippen molar-refractivity contribution in [2.24, 2.45) is 4.99 Å². The van der Waals surface area contributed by atoms with E-state index < -0.39 is 5.97 Å². The van der Waals surface area contributed by atoms with Crippen LogP contribution in [0.25, 0.3) is 27.7 Å². The molecule has 1 aromatic heterocycles. The van der Waals surface area contributed by atoms with Crippen molar-refractivity contribution in [1.29, 1.82) is 0 Å². The van der Waals surface area contributed by atoms with Crippen molar-refractivity contribution < 1.29 is 19.0 Å². The lowest BCUT2D eigenvalue weighted by molar-refractivity contribution is 0.0697. The SMILES string of the molecule is O=C(O)c1ccc(-n2c(C3CCOCC3)c(-c3ccc(F)cc3)c3cc4c(cc32)CN=C4)cc1. The molecule has 0 atom stereocenters. The Morgan fingerprint density at radius 3 is 2.47 bits per heavy atom. The highest BCUT2D eigenvalue weighted by atomic mass is 19.1. The molecule has 2 aliphatic heterocycles. The molecule has 0 amide bonds. The molecule has 0 bridgehead atoms. The fourth-order valence-electron chi connectivity index (χ4n) is 5.22. The van der Waals surface area contributed by atoms with E-state index in [9.17, 15) is 14.3 Å². The zero-order valence-electron chi connectivity index (χ0n) is 18.5. The summed E-state index contributed by atoms with van der Waals surface area (Å²) in [4.78, 5) is 15.9. The van der Waals surface area contributed by atoms with Crippen LogP contribution >= 0.6 is 0 Å². The Balaban J connectivity index is 1.69. The lowest BCUT2D eigenvalue weighted by Gasteiger charge is -2.26. The molecule has 34 heavy (non-hydrogen) atoms. The van der Waals surface area contributed by atoms with Gasteiger partial charge in [-0.1, -0.05) is 12.1 Å². The van der Waals surface area contributed by atoms with E-state index in [0.717, 1.165) is 57.4 Å². The van der Waals surface area contributed by atoms with Crippen LogP contribution in [-0.2, 0) is 11.3 Å². The van der Waals surface area contributed by atoms with Gasteiger partial charge in [0.2, 0.25) is 0 Å². The molecule has 3 heterocycles. The minimum absolute atomic E-state index is 0.251. The topological polar surface area (TPSA) is 63.8 Å². The summed E-state index contributed by atoms with van der Waals surface area (Å²) in [7, 11) is 0. The van der Waals surface area contributed by atoms with Gasteiger partial charge in [-0.05, 0) is 78.1 Å². The molecule has 0 saturated carbocycles. The number of aromatic nitrogens is 1. The summed E-state index contributed by atoms with van der Waals surface area (Å²) in [5.41, 5.74) is 7.69. The molecule has 6 heteroatoms. The first-order chi connectivity index (χ1) is 16.6. The van der Waals surface area contributed by atoms with Crippen LogP contribution < -0.4 is 0 Å². The second kappa shape index (κ2) is 8.22. The maximum Gasteiger partial charge on any atom is 0.335 e. The van der Waals surface area contributed by atoms with Crippen molar-refractivity contribution in [3.63, 3.8) is 0 Å². The lowest BCUT2D eigenvalue weighted by atomic mass is 9.89. The molecule has 0 unspecified atom stereocenters. The van der Waals surface area contributed by atoms with Gasteiger partial charge >= 0.3 is 5.97 Å². The molecule has 5 nitrogen and oxygen atoms in total. The summed E-state index contributed by atoms with van der Waals surface area (Å²) in [5.74, 6) is -0.961. The van der Waals surface area contributed by atoms with Gasteiger partial charge in [0.25, 0.3) is 0 Å². The van der Waals surface area contributed by atoms with Gasteiger partial charge in [0, 0.05) is 47.7 Å². The second-order valence-corrected chi connectivity index (χ2v) is 8.88. The molecule has 0 aliphatic carbocycles. The van der Waals surface area contributed by atoms with Crippen LogP contribution in [0.15, 0.2) is 65.7 Å². The van der Waals surface area contributed by atoms with Crippen LogP contribution in [0, 0.1) is 5.82 Å². The predicted molar refractivity (Wildman–Crippen MR) is 130 cm³/mol. The predicted octanol–water partition coefficient (Wildman–Crippen LogP) is 5.96. The monoisotopic (exact) mass is 454 g/mol. The van der Waals surface area contributed by atoms with E-state index in [1.54, 1.807) is 12.1 Å². The minimum Gasteiger partial charge on any atom is -0.478 e. The molecular formula is C28H23FN2O3. The summed E-state index contributed by atoms with van der Waals surface area (Å²) in [6, 6.07) is 18.1. The van der Waals surface area contributed by atoms with Crippen LogP contribution in [0.3, 0.4) is 0 Å². The van der Waals surface area contributed by atoms with E-state index in [-0.39, 0.29) is 17.3 Å². The molecular weight excluding hydrogens is 431 g/mol. The van der Waals surface area contributed by atoms with Crippen LogP contribution in [0.1, 0.15) is 45.9 Å². The molecule has 1 N–H and O–H groups in total. The average molecular weight is 455 g/mol. The minimum atomic E-state index is -0.949. The Labute approximate surface area is 196 Å². The quantitative estimate of drug-likeness (QED) is 0.414. The lowest BCUT2D eigenvalue weighted by Crippen LogP contribution is -2.17. The number of aliphatic imine (C=N–C) groups is 1. The van der Waals surface area contributed by atoms with Crippen LogP contribution in [-0.4, -0.2) is 35.1 Å². The number of hydrogen-bond acceptors (Lipinski definition) is 3. The van der Waals surface area contributed by atoms with E-state index in [2.05, 4.69) is 21.7 Å². The molecule has 1 saturated heterocycles. The van der Waals surface area contributed by atoms with Gasteiger partial charge in [-0.3, -0.25) is 4.99 Å². The molecule has 0 radical (unpaired) electrons. The maximum absolute atomic E-state index is 13.8. The van der Waals surface area contributed by atoms with E-state index in [0.29, 0.717) is 19.8 Å². The number of fused-ring (bicyclic) bond motifs is 2. The smallest absolute Gasteiger partial charge is 0.335 e. The molecule has 6 rings (SSSR count). The number of hydrogen-bond donors (Lipinski definition) is 1. The summed E-state index contributed by atoms with van der Waals surface area (Å²) in [5, 5.41) is 10.5. The largest absolute Gasteiger partial charge is 0.478 e. The third kappa shape index (κ3) is 3.42.